The van der Waals surface area contributed by atoms with E-state index in [2.05, 4.69) is 0 Å². The molecule has 0 spiro atoms. The van der Waals surface area contributed by atoms with Crippen LogP contribution in [0.1, 0.15) is 46.5 Å². The number of sulfone groups is 1. The quantitative estimate of drug-likeness (QED) is 0.809. The first-order valence-electron chi connectivity index (χ1n) is 5.63. The van der Waals surface area contributed by atoms with Crippen molar-refractivity contribution in [2.45, 2.75) is 57.3 Å². The normalized spacial score (nSPS) is 28.3. The van der Waals surface area contributed by atoms with Crippen LogP contribution in [0.25, 0.3) is 0 Å². The van der Waals surface area contributed by atoms with Crippen molar-refractivity contribution in [3.63, 3.8) is 0 Å². The van der Waals surface area contributed by atoms with E-state index in [1.165, 1.54) is 0 Å². The van der Waals surface area contributed by atoms with E-state index in [1.807, 2.05) is 0 Å². The molecule has 1 rings (SSSR count). The molecule has 0 heterocycles. The first kappa shape index (κ1) is 13.0. The molecule has 2 unspecified atom stereocenters. The van der Waals surface area contributed by atoms with Crippen molar-refractivity contribution in [1.82, 2.24) is 0 Å². The lowest BCUT2D eigenvalue weighted by Crippen LogP contribution is -2.31. The zero-order valence-electron chi connectivity index (χ0n) is 9.86. The topological polar surface area (TPSA) is 54.4 Å². The minimum atomic E-state index is -2.98. The van der Waals surface area contributed by atoms with Gasteiger partial charge in [-0.25, -0.2) is 8.42 Å². The van der Waals surface area contributed by atoms with Gasteiger partial charge in [-0.15, -0.1) is 0 Å². The molecule has 0 aromatic heterocycles. The molecule has 0 aromatic carbocycles. The van der Waals surface area contributed by atoms with E-state index < -0.39 is 14.6 Å². The monoisotopic (exact) mass is 234 g/mol. The van der Waals surface area contributed by atoms with Crippen LogP contribution in [0.15, 0.2) is 0 Å². The van der Waals surface area contributed by atoms with E-state index in [0.717, 1.165) is 19.3 Å². The first-order valence-corrected chi connectivity index (χ1v) is 7.28. The Morgan fingerprint density at radius 2 is 1.87 bits per heavy atom. The Morgan fingerprint density at radius 3 is 2.27 bits per heavy atom. The molecule has 0 amide bonds. The van der Waals surface area contributed by atoms with Crippen molar-refractivity contribution in [1.29, 1.82) is 0 Å². The highest BCUT2D eigenvalue weighted by Crippen LogP contribution is 2.29. The molecular formula is C11H22O3S. The third kappa shape index (κ3) is 3.45. The van der Waals surface area contributed by atoms with Crippen LogP contribution in [0.4, 0.5) is 0 Å². The van der Waals surface area contributed by atoms with E-state index >= 15 is 0 Å². The Bertz CT molecular complexity index is 300. The van der Waals surface area contributed by atoms with Crippen LogP contribution in [-0.2, 0) is 9.84 Å². The van der Waals surface area contributed by atoms with E-state index in [4.69, 9.17) is 0 Å². The third-order valence-corrected chi connectivity index (χ3v) is 5.88. The molecule has 0 radical (unpaired) electrons. The predicted octanol–water partition coefficient (Wildman–Crippen LogP) is 1.75. The summed E-state index contributed by atoms with van der Waals surface area (Å²) in [5.41, 5.74) is 0. The van der Waals surface area contributed by atoms with Crippen molar-refractivity contribution in [2.75, 3.05) is 5.75 Å². The lowest BCUT2D eigenvalue weighted by atomic mass is 10.1. The Morgan fingerprint density at radius 1 is 1.27 bits per heavy atom. The van der Waals surface area contributed by atoms with Gasteiger partial charge in [0.05, 0.1) is 16.6 Å². The standard InChI is InChI=1S/C11H22O3S/c1-11(2,3)15(13,14)7-6-9-4-5-10(12)8-9/h9-10,12H,4-8H2,1-3H3. The summed E-state index contributed by atoms with van der Waals surface area (Å²) in [7, 11) is -2.98. The smallest absolute Gasteiger partial charge is 0.155 e. The van der Waals surface area contributed by atoms with Crippen LogP contribution in [0, 0.1) is 5.92 Å². The van der Waals surface area contributed by atoms with E-state index in [-0.39, 0.29) is 11.9 Å². The van der Waals surface area contributed by atoms with Crippen LogP contribution >= 0.6 is 0 Å². The molecule has 0 bridgehead atoms. The maximum Gasteiger partial charge on any atom is 0.155 e. The highest BCUT2D eigenvalue weighted by molar-refractivity contribution is 7.92. The van der Waals surface area contributed by atoms with Crippen molar-refractivity contribution in [3.8, 4) is 0 Å². The van der Waals surface area contributed by atoms with Gasteiger partial charge in [-0.3, -0.25) is 0 Å². The molecule has 1 aliphatic carbocycles. The van der Waals surface area contributed by atoms with Gasteiger partial charge in [-0.05, 0) is 52.4 Å². The molecule has 1 aliphatic rings. The second-order valence-corrected chi connectivity index (χ2v) is 8.42. The summed E-state index contributed by atoms with van der Waals surface area (Å²) < 4.78 is 23.0. The summed E-state index contributed by atoms with van der Waals surface area (Å²) in [4.78, 5) is 0. The summed E-state index contributed by atoms with van der Waals surface area (Å²) in [6, 6.07) is 0. The Balaban J connectivity index is 2.44. The Kier molecular flexibility index (Phi) is 3.82. The Labute approximate surface area is 92.8 Å². The fourth-order valence-corrected chi connectivity index (χ4v) is 3.19. The largest absolute Gasteiger partial charge is 0.393 e. The second-order valence-electron chi connectivity index (χ2n) is 5.55. The van der Waals surface area contributed by atoms with Crippen LogP contribution < -0.4 is 0 Å². The van der Waals surface area contributed by atoms with E-state index in [9.17, 15) is 13.5 Å². The Hall–Kier alpha value is -0.0900. The van der Waals surface area contributed by atoms with E-state index in [1.54, 1.807) is 20.8 Å². The van der Waals surface area contributed by atoms with Crippen molar-refractivity contribution < 1.29 is 13.5 Å². The zero-order valence-corrected chi connectivity index (χ0v) is 10.7. The SMILES string of the molecule is CC(C)(C)S(=O)(=O)CCC1CCC(O)C1. The zero-order chi connectivity index (χ0) is 11.7. The number of hydrogen-bond donors (Lipinski definition) is 1. The summed E-state index contributed by atoms with van der Waals surface area (Å²) in [5.74, 6) is 0.658. The van der Waals surface area contributed by atoms with Gasteiger partial charge < -0.3 is 5.11 Å². The highest BCUT2D eigenvalue weighted by Gasteiger charge is 2.31. The van der Waals surface area contributed by atoms with Gasteiger partial charge >= 0.3 is 0 Å². The maximum absolute atomic E-state index is 11.8. The fourth-order valence-electron chi connectivity index (χ4n) is 1.94. The van der Waals surface area contributed by atoms with Crippen LogP contribution in [0.3, 0.4) is 0 Å². The summed E-state index contributed by atoms with van der Waals surface area (Å²) in [6.07, 6.45) is 3.09. The molecule has 90 valence electrons. The lowest BCUT2D eigenvalue weighted by Gasteiger charge is -2.20. The minimum absolute atomic E-state index is 0.202. The number of aliphatic hydroxyl groups excluding tert-OH is 1. The van der Waals surface area contributed by atoms with Crippen LogP contribution in [-0.4, -0.2) is 30.1 Å². The van der Waals surface area contributed by atoms with Crippen molar-refractivity contribution in [2.24, 2.45) is 5.92 Å². The van der Waals surface area contributed by atoms with Gasteiger partial charge in [0.1, 0.15) is 0 Å². The van der Waals surface area contributed by atoms with Gasteiger partial charge in [0.25, 0.3) is 0 Å². The molecule has 0 aromatic rings. The predicted molar refractivity (Wildman–Crippen MR) is 61.5 cm³/mol. The number of hydrogen-bond acceptors (Lipinski definition) is 3. The van der Waals surface area contributed by atoms with Crippen LogP contribution in [0.2, 0.25) is 0 Å². The second kappa shape index (κ2) is 4.42. The highest BCUT2D eigenvalue weighted by atomic mass is 32.2. The molecule has 1 fully saturated rings. The summed E-state index contributed by atoms with van der Waals surface area (Å²) in [5, 5.41) is 9.34. The average molecular weight is 234 g/mol. The average Bonchev–Trinajstić information content (AvgIpc) is 2.46. The van der Waals surface area contributed by atoms with Gasteiger partial charge in [0.15, 0.2) is 9.84 Å². The summed E-state index contributed by atoms with van der Waals surface area (Å²) >= 11 is 0. The van der Waals surface area contributed by atoms with Gasteiger partial charge in [0, 0.05) is 0 Å². The maximum atomic E-state index is 11.8. The molecule has 4 heteroatoms. The summed E-state index contributed by atoms with van der Waals surface area (Å²) in [6.45, 7) is 5.23. The molecule has 0 saturated heterocycles. The third-order valence-electron chi connectivity index (χ3n) is 3.24. The fraction of sp³-hybridized carbons (Fsp3) is 1.00. The van der Waals surface area contributed by atoms with E-state index in [0.29, 0.717) is 12.3 Å². The minimum Gasteiger partial charge on any atom is -0.393 e. The first-order chi connectivity index (χ1) is 6.72. The van der Waals surface area contributed by atoms with Gasteiger partial charge in [-0.2, -0.15) is 0 Å². The van der Waals surface area contributed by atoms with Crippen molar-refractivity contribution >= 4 is 9.84 Å². The molecule has 1 N–H and O–H groups in total. The molecule has 0 aliphatic heterocycles. The van der Waals surface area contributed by atoms with Crippen LogP contribution in [0.5, 0.6) is 0 Å². The molecule has 2 atom stereocenters. The van der Waals surface area contributed by atoms with Crippen molar-refractivity contribution in [3.05, 3.63) is 0 Å². The number of rotatable bonds is 3. The lowest BCUT2D eigenvalue weighted by molar-refractivity contribution is 0.177. The molecule has 3 nitrogen and oxygen atoms in total. The van der Waals surface area contributed by atoms with Gasteiger partial charge in [-0.1, -0.05) is 0 Å². The molecule has 15 heavy (non-hydrogen) atoms. The molecule has 1 saturated carbocycles. The number of aliphatic hydroxyl groups is 1. The van der Waals surface area contributed by atoms with Gasteiger partial charge in [0.2, 0.25) is 0 Å². The molecular weight excluding hydrogens is 212 g/mol.